The smallest absolute Gasteiger partial charge is 0.0633 e. The average Bonchev–Trinajstić information content (AvgIpc) is 2.62. The van der Waals surface area contributed by atoms with Gasteiger partial charge in [-0.1, -0.05) is 32.0 Å². The molecule has 0 unspecified atom stereocenters. The maximum atomic E-state index is 4.49. The fourth-order valence-electron chi connectivity index (χ4n) is 1.60. The molecule has 1 aromatic heterocycles. The second-order valence-electron chi connectivity index (χ2n) is 3.98. The summed E-state index contributed by atoms with van der Waals surface area (Å²) >= 11 is 1.59. The van der Waals surface area contributed by atoms with Gasteiger partial charge in [0.2, 0.25) is 0 Å². The van der Waals surface area contributed by atoms with Gasteiger partial charge in [0.1, 0.15) is 0 Å². The minimum absolute atomic E-state index is 0.551. The molecule has 1 N–H and O–H groups in total. The first-order valence-electron chi connectivity index (χ1n) is 5.34. The minimum atomic E-state index is 0.551. The third kappa shape index (κ3) is 2.55. The molecule has 0 aliphatic carbocycles. The van der Waals surface area contributed by atoms with Crippen LogP contribution in [0.3, 0.4) is 0 Å². The van der Waals surface area contributed by atoms with Crippen molar-refractivity contribution in [2.45, 2.75) is 26.3 Å². The molecular weight excluding hydrogens is 204 g/mol. The highest BCUT2D eigenvalue weighted by Gasteiger charge is 2.04. The lowest BCUT2D eigenvalue weighted by Gasteiger charge is -2.06. The van der Waals surface area contributed by atoms with Gasteiger partial charge in [-0.3, -0.25) is 0 Å². The Hall–Kier alpha value is -0.930. The SMILES string of the molecule is CC(C)NCCc1nsc2ccccc12. The zero-order valence-corrected chi connectivity index (χ0v) is 9.97. The third-order valence-electron chi connectivity index (χ3n) is 2.37. The summed E-state index contributed by atoms with van der Waals surface area (Å²) in [5, 5.41) is 4.73. The van der Waals surface area contributed by atoms with E-state index in [1.54, 1.807) is 11.5 Å². The monoisotopic (exact) mass is 220 g/mol. The van der Waals surface area contributed by atoms with Crippen molar-refractivity contribution in [3.05, 3.63) is 30.0 Å². The molecule has 0 spiro atoms. The molecule has 0 amide bonds. The van der Waals surface area contributed by atoms with Crippen LogP contribution in [0.25, 0.3) is 10.1 Å². The molecule has 0 aliphatic rings. The number of benzene rings is 1. The average molecular weight is 220 g/mol. The second-order valence-corrected chi connectivity index (χ2v) is 4.79. The number of hydrogen-bond donors (Lipinski definition) is 1. The van der Waals surface area contributed by atoms with Crippen molar-refractivity contribution in [3.63, 3.8) is 0 Å². The first kappa shape index (κ1) is 10.6. The predicted octanol–water partition coefficient (Wildman–Crippen LogP) is 2.84. The van der Waals surface area contributed by atoms with E-state index in [4.69, 9.17) is 0 Å². The van der Waals surface area contributed by atoms with Crippen molar-refractivity contribution in [1.82, 2.24) is 9.69 Å². The summed E-state index contributed by atoms with van der Waals surface area (Å²) in [4.78, 5) is 0. The lowest BCUT2D eigenvalue weighted by atomic mass is 10.2. The summed E-state index contributed by atoms with van der Waals surface area (Å²) in [6.45, 7) is 5.34. The molecule has 15 heavy (non-hydrogen) atoms. The molecule has 0 fully saturated rings. The van der Waals surface area contributed by atoms with Gasteiger partial charge in [0.15, 0.2) is 0 Å². The molecule has 0 radical (unpaired) electrons. The molecule has 1 heterocycles. The molecule has 2 rings (SSSR count). The van der Waals surface area contributed by atoms with Crippen LogP contribution >= 0.6 is 11.5 Å². The molecule has 0 atom stereocenters. The molecule has 80 valence electrons. The van der Waals surface area contributed by atoms with Crippen LogP contribution in [0.5, 0.6) is 0 Å². The highest BCUT2D eigenvalue weighted by molar-refractivity contribution is 7.13. The Kier molecular flexibility index (Phi) is 3.34. The van der Waals surface area contributed by atoms with Crippen molar-refractivity contribution in [3.8, 4) is 0 Å². The quantitative estimate of drug-likeness (QED) is 0.857. The summed E-state index contributed by atoms with van der Waals surface area (Å²) in [6.07, 6.45) is 1.02. The lowest BCUT2D eigenvalue weighted by molar-refractivity contribution is 0.589. The van der Waals surface area contributed by atoms with Crippen LogP contribution in [0.1, 0.15) is 19.5 Å². The van der Waals surface area contributed by atoms with Gasteiger partial charge in [-0.2, -0.15) is 4.37 Å². The van der Waals surface area contributed by atoms with E-state index < -0.39 is 0 Å². The van der Waals surface area contributed by atoms with Crippen LogP contribution < -0.4 is 5.32 Å². The topological polar surface area (TPSA) is 24.9 Å². The minimum Gasteiger partial charge on any atom is -0.314 e. The summed E-state index contributed by atoms with van der Waals surface area (Å²) in [5.74, 6) is 0. The standard InChI is InChI=1S/C12H16N2S/c1-9(2)13-8-7-11-10-5-3-4-6-12(10)15-14-11/h3-6,9,13H,7-8H2,1-2H3. The number of aromatic nitrogens is 1. The van der Waals surface area contributed by atoms with E-state index in [-0.39, 0.29) is 0 Å². The van der Waals surface area contributed by atoms with Crippen molar-refractivity contribution in [1.29, 1.82) is 0 Å². The van der Waals surface area contributed by atoms with Gasteiger partial charge in [0.05, 0.1) is 10.4 Å². The van der Waals surface area contributed by atoms with Crippen LogP contribution in [-0.2, 0) is 6.42 Å². The molecule has 2 nitrogen and oxygen atoms in total. The van der Waals surface area contributed by atoms with Crippen LogP contribution in [0.2, 0.25) is 0 Å². The first-order valence-corrected chi connectivity index (χ1v) is 6.11. The molecule has 0 aliphatic heterocycles. The molecule has 1 aromatic carbocycles. The number of hydrogen-bond acceptors (Lipinski definition) is 3. The van der Waals surface area contributed by atoms with Crippen molar-refractivity contribution in [2.24, 2.45) is 0 Å². The molecule has 0 saturated carbocycles. The van der Waals surface area contributed by atoms with E-state index in [1.807, 2.05) is 0 Å². The van der Waals surface area contributed by atoms with E-state index in [9.17, 15) is 0 Å². The Morgan fingerprint density at radius 3 is 2.93 bits per heavy atom. The molecule has 0 saturated heterocycles. The van der Waals surface area contributed by atoms with Gasteiger partial charge in [0, 0.05) is 24.4 Å². The highest BCUT2D eigenvalue weighted by atomic mass is 32.1. The predicted molar refractivity (Wildman–Crippen MR) is 66.5 cm³/mol. The lowest BCUT2D eigenvalue weighted by Crippen LogP contribution is -2.25. The third-order valence-corrected chi connectivity index (χ3v) is 3.23. The Morgan fingerprint density at radius 1 is 1.33 bits per heavy atom. The van der Waals surface area contributed by atoms with Gasteiger partial charge in [0.25, 0.3) is 0 Å². The zero-order chi connectivity index (χ0) is 10.7. The summed E-state index contributed by atoms with van der Waals surface area (Å²) in [7, 11) is 0. The van der Waals surface area contributed by atoms with E-state index in [0.29, 0.717) is 6.04 Å². The molecular formula is C12H16N2S. The maximum Gasteiger partial charge on any atom is 0.0633 e. The number of nitrogens with zero attached hydrogens (tertiary/aromatic N) is 1. The van der Waals surface area contributed by atoms with Crippen LogP contribution in [0.15, 0.2) is 24.3 Å². The van der Waals surface area contributed by atoms with E-state index >= 15 is 0 Å². The highest BCUT2D eigenvalue weighted by Crippen LogP contribution is 2.22. The summed E-state index contributed by atoms with van der Waals surface area (Å²) in [5.41, 5.74) is 1.23. The number of fused-ring (bicyclic) bond motifs is 1. The van der Waals surface area contributed by atoms with Crippen molar-refractivity contribution < 1.29 is 0 Å². The van der Waals surface area contributed by atoms with Gasteiger partial charge >= 0.3 is 0 Å². The molecule has 0 bridgehead atoms. The number of rotatable bonds is 4. The van der Waals surface area contributed by atoms with Gasteiger partial charge < -0.3 is 5.32 Å². The first-order chi connectivity index (χ1) is 7.27. The number of nitrogens with one attached hydrogen (secondary N) is 1. The van der Waals surface area contributed by atoms with Crippen LogP contribution in [-0.4, -0.2) is 17.0 Å². The Morgan fingerprint density at radius 2 is 2.13 bits per heavy atom. The molecule has 2 aromatic rings. The zero-order valence-electron chi connectivity index (χ0n) is 9.16. The van der Waals surface area contributed by atoms with Crippen LogP contribution in [0.4, 0.5) is 0 Å². The Labute approximate surface area is 94.5 Å². The van der Waals surface area contributed by atoms with Gasteiger partial charge in [-0.05, 0) is 17.6 Å². The second kappa shape index (κ2) is 4.73. The normalized spacial score (nSPS) is 11.4. The summed E-state index contributed by atoms with van der Waals surface area (Å²) in [6, 6.07) is 8.98. The Bertz CT molecular complexity index is 434. The molecule has 3 heteroatoms. The fraction of sp³-hybridized carbons (Fsp3) is 0.417. The van der Waals surface area contributed by atoms with E-state index in [1.165, 1.54) is 15.8 Å². The van der Waals surface area contributed by atoms with E-state index in [0.717, 1.165) is 13.0 Å². The van der Waals surface area contributed by atoms with Gasteiger partial charge in [-0.15, -0.1) is 0 Å². The van der Waals surface area contributed by atoms with Crippen molar-refractivity contribution in [2.75, 3.05) is 6.54 Å². The Balaban J connectivity index is 2.08. The summed E-state index contributed by atoms with van der Waals surface area (Å²) < 4.78 is 5.78. The van der Waals surface area contributed by atoms with Gasteiger partial charge in [-0.25, -0.2) is 0 Å². The van der Waals surface area contributed by atoms with E-state index in [2.05, 4.69) is 47.8 Å². The largest absolute Gasteiger partial charge is 0.314 e. The van der Waals surface area contributed by atoms with Crippen molar-refractivity contribution >= 4 is 21.6 Å². The maximum absolute atomic E-state index is 4.49. The van der Waals surface area contributed by atoms with Crippen LogP contribution in [0, 0.1) is 0 Å². The fourth-order valence-corrected chi connectivity index (χ4v) is 2.42.